The molecular formula is C25H20N2O4. The first kappa shape index (κ1) is 20.0. The van der Waals surface area contributed by atoms with Crippen molar-refractivity contribution in [1.82, 2.24) is 0 Å². The highest BCUT2D eigenvalue weighted by molar-refractivity contribution is 5.91. The minimum absolute atomic E-state index is 0.0639. The smallest absolute Gasteiger partial charge is 0.205 e. The molecule has 6 nitrogen and oxygen atoms in total. The summed E-state index contributed by atoms with van der Waals surface area (Å²) in [5, 5.41) is 11.8. The van der Waals surface area contributed by atoms with Crippen molar-refractivity contribution in [2.24, 2.45) is 5.73 Å². The van der Waals surface area contributed by atoms with Crippen LogP contribution in [0.4, 0.5) is 0 Å². The Hall–Kier alpha value is -4.29. The highest BCUT2D eigenvalue weighted by Gasteiger charge is 2.33. The molecule has 0 saturated heterocycles. The van der Waals surface area contributed by atoms with Gasteiger partial charge in [-0.15, -0.1) is 6.42 Å². The van der Waals surface area contributed by atoms with Gasteiger partial charge in [0.1, 0.15) is 24.0 Å². The zero-order valence-electron chi connectivity index (χ0n) is 17.1. The Morgan fingerprint density at radius 2 is 1.81 bits per heavy atom. The van der Waals surface area contributed by atoms with Gasteiger partial charge in [-0.2, -0.15) is 5.26 Å². The van der Waals surface area contributed by atoms with Gasteiger partial charge in [-0.3, -0.25) is 0 Å². The van der Waals surface area contributed by atoms with Crippen LogP contribution in [0.3, 0.4) is 0 Å². The maximum absolute atomic E-state index is 9.88. The molecule has 3 aromatic carbocycles. The number of hydrogen-bond donors (Lipinski definition) is 1. The van der Waals surface area contributed by atoms with E-state index in [1.54, 1.807) is 12.1 Å². The van der Waals surface area contributed by atoms with Gasteiger partial charge in [-0.25, -0.2) is 0 Å². The molecule has 0 saturated carbocycles. The summed E-state index contributed by atoms with van der Waals surface area (Å²) in [5.74, 6) is 3.94. The van der Waals surface area contributed by atoms with Crippen LogP contribution in [0.25, 0.3) is 10.8 Å². The van der Waals surface area contributed by atoms with Crippen molar-refractivity contribution >= 4 is 10.8 Å². The average molecular weight is 412 g/mol. The fraction of sp³-hybridized carbons (Fsp3) is 0.160. The van der Waals surface area contributed by atoms with E-state index >= 15 is 0 Å². The summed E-state index contributed by atoms with van der Waals surface area (Å²) >= 11 is 0. The molecule has 31 heavy (non-hydrogen) atoms. The first-order valence-electron chi connectivity index (χ1n) is 9.54. The Bertz CT molecular complexity index is 1260. The lowest BCUT2D eigenvalue weighted by Crippen LogP contribution is -2.21. The van der Waals surface area contributed by atoms with Crippen LogP contribution in [0.2, 0.25) is 0 Å². The highest BCUT2D eigenvalue weighted by Crippen LogP contribution is 2.48. The molecule has 0 radical (unpaired) electrons. The number of rotatable bonds is 5. The third kappa shape index (κ3) is 3.35. The number of allylic oxidation sites excluding steroid dienone is 1. The third-order valence-electron chi connectivity index (χ3n) is 5.22. The van der Waals surface area contributed by atoms with E-state index < -0.39 is 5.92 Å². The van der Waals surface area contributed by atoms with Crippen molar-refractivity contribution < 1.29 is 18.9 Å². The van der Waals surface area contributed by atoms with Crippen LogP contribution in [0.1, 0.15) is 17.0 Å². The normalized spacial score (nSPS) is 14.8. The molecule has 154 valence electrons. The molecule has 2 N–H and O–H groups in total. The predicted octanol–water partition coefficient (Wildman–Crippen LogP) is 4.09. The summed E-state index contributed by atoms with van der Waals surface area (Å²) < 4.78 is 22.6. The van der Waals surface area contributed by atoms with E-state index in [9.17, 15) is 5.26 Å². The van der Waals surface area contributed by atoms with Crippen LogP contribution >= 0.6 is 0 Å². The molecule has 0 spiro atoms. The minimum Gasteiger partial charge on any atom is -0.493 e. The van der Waals surface area contributed by atoms with E-state index in [-0.39, 0.29) is 12.5 Å². The van der Waals surface area contributed by atoms with Crippen LogP contribution in [-0.4, -0.2) is 20.8 Å². The number of nitrogens with two attached hydrogens (primary N) is 1. The summed E-state index contributed by atoms with van der Waals surface area (Å²) in [4.78, 5) is 0. The number of fused-ring (bicyclic) bond motifs is 3. The summed E-state index contributed by atoms with van der Waals surface area (Å²) in [6.45, 7) is 0.0639. The molecule has 3 aromatic rings. The van der Waals surface area contributed by atoms with Gasteiger partial charge in [-0.1, -0.05) is 42.3 Å². The summed E-state index contributed by atoms with van der Waals surface area (Å²) in [5.41, 5.74) is 8.07. The summed E-state index contributed by atoms with van der Waals surface area (Å²) in [6, 6.07) is 17.6. The highest BCUT2D eigenvalue weighted by atomic mass is 16.5. The quantitative estimate of drug-likeness (QED) is 0.636. The van der Waals surface area contributed by atoms with E-state index in [1.165, 1.54) is 14.2 Å². The lowest BCUT2D eigenvalue weighted by molar-refractivity contribution is 0.304. The molecule has 1 aliphatic heterocycles. The number of ether oxygens (including phenoxy) is 4. The van der Waals surface area contributed by atoms with E-state index in [0.29, 0.717) is 28.6 Å². The van der Waals surface area contributed by atoms with Gasteiger partial charge in [-0.05, 0) is 23.1 Å². The van der Waals surface area contributed by atoms with Crippen LogP contribution in [0.15, 0.2) is 60.0 Å². The first-order valence-corrected chi connectivity index (χ1v) is 9.54. The molecular weight excluding hydrogens is 392 g/mol. The average Bonchev–Trinajstić information content (AvgIpc) is 2.81. The molecule has 6 heteroatoms. The standard InChI is InChI=1S/C25H20N2O4/c1-4-11-30-24-20(28-2)12-16(13-21(24)29-3)22-18-10-9-15-7-5-6-8-17(15)23(18)31-25(27)19(22)14-26/h1,5-10,12-13,22H,11,27H2,2-3H3. The molecule has 1 atom stereocenters. The van der Waals surface area contributed by atoms with Crippen LogP contribution in [0, 0.1) is 23.7 Å². The van der Waals surface area contributed by atoms with E-state index in [0.717, 1.165) is 21.9 Å². The van der Waals surface area contributed by atoms with Gasteiger partial charge in [0.05, 0.1) is 20.1 Å². The number of nitriles is 1. The van der Waals surface area contributed by atoms with Crippen molar-refractivity contribution in [3.8, 4) is 41.4 Å². The van der Waals surface area contributed by atoms with Crippen LogP contribution in [0.5, 0.6) is 23.0 Å². The minimum atomic E-state index is -0.470. The van der Waals surface area contributed by atoms with Crippen molar-refractivity contribution in [3.05, 3.63) is 71.1 Å². The molecule has 0 aliphatic carbocycles. The maximum atomic E-state index is 9.88. The second-order valence-electron chi connectivity index (χ2n) is 6.88. The van der Waals surface area contributed by atoms with Gasteiger partial charge in [0.25, 0.3) is 0 Å². The fourth-order valence-electron chi connectivity index (χ4n) is 3.85. The number of nitrogens with zero attached hydrogens (tertiary/aromatic N) is 1. The number of hydrogen-bond acceptors (Lipinski definition) is 6. The van der Waals surface area contributed by atoms with Gasteiger partial charge >= 0.3 is 0 Å². The monoisotopic (exact) mass is 412 g/mol. The zero-order chi connectivity index (χ0) is 22.0. The van der Waals surface area contributed by atoms with Crippen molar-refractivity contribution in [3.63, 3.8) is 0 Å². The van der Waals surface area contributed by atoms with Gasteiger partial charge < -0.3 is 24.7 Å². The first-order chi connectivity index (χ1) is 15.1. The van der Waals surface area contributed by atoms with E-state index in [1.807, 2.05) is 36.4 Å². The Morgan fingerprint density at radius 1 is 1.10 bits per heavy atom. The lowest BCUT2D eigenvalue weighted by Gasteiger charge is -2.28. The van der Waals surface area contributed by atoms with E-state index in [4.69, 9.17) is 31.1 Å². The van der Waals surface area contributed by atoms with Gasteiger partial charge in [0.2, 0.25) is 11.6 Å². The molecule has 1 unspecified atom stereocenters. The Kier molecular flexibility index (Phi) is 5.30. The number of methoxy groups -OCH3 is 2. The molecule has 0 aromatic heterocycles. The van der Waals surface area contributed by atoms with Crippen LogP contribution in [-0.2, 0) is 0 Å². The third-order valence-corrected chi connectivity index (χ3v) is 5.22. The second-order valence-corrected chi connectivity index (χ2v) is 6.88. The van der Waals surface area contributed by atoms with E-state index in [2.05, 4.69) is 12.0 Å². The lowest BCUT2D eigenvalue weighted by atomic mass is 9.82. The predicted molar refractivity (Wildman–Crippen MR) is 117 cm³/mol. The second kappa shape index (κ2) is 8.22. The van der Waals surface area contributed by atoms with Crippen molar-refractivity contribution in [2.45, 2.75) is 5.92 Å². The largest absolute Gasteiger partial charge is 0.493 e. The Labute approximate surface area is 180 Å². The molecule has 0 amide bonds. The molecule has 1 heterocycles. The molecule has 4 rings (SSSR count). The number of benzene rings is 3. The van der Waals surface area contributed by atoms with Gasteiger partial charge in [0.15, 0.2) is 11.5 Å². The summed E-state index contributed by atoms with van der Waals surface area (Å²) in [7, 11) is 3.06. The van der Waals surface area contributed by atoms with Crippen LogP contribution < -0.4 is 24.7 Å². The fourth-order valence-corrected chi connectivity index (χ4v) is 3.85. The molecule has 0 bridgehead atoms. The van der Waals surface area contributed by atoms with Crippen molar-refractivity contribution in [1.29, 1.82) is 5.26 Å². The molecule has 0 fully saturated rings. The molecule has 1 aliphatic rings. The number of terminal acetylenes is 1. The van der Waals surface area contributed by atoms with Crippen molar-refractivity contribution in [2.75, 3.05) is 20.8 Å². The summed E-state index contributed by atoms with van der Waals surface area (Å²) in [6.07, 6.45) is 5.33. The van der Waals surface area contributed by atoms with Gasteiger partial charge in [0, 0.05) is 10.9 Å². The SMILES string of the molecule is C#CCOc1c(OC)cc(C2C(C#N)=C(N)Oc3c2ccc2ccccc32)cc1OC. The Morgan fingerprint density at radius 3 is 2.45 bits per heavy atom. The zero-order valence-corrected chi connectivity index (χ0v) is 17.1. The Balaban J connectivity index is 1.96. The topological polar surface area (TPSA) is 86.7 Å². The maximum Gasteiger partial charge on any atom is 0.205 e.